The summed E-state index contributed by atoms with van der Waals surface area (Å²) in [5.41, 5.74) is 5.58. The minimum absolute atomic E-state index is 0.0783. The molecule has 0 rings (SSSR count). The topological polar surface area (TPSA) is 65.1 Å². The van der Waals surface area contributed by atoms with Crippen molar-refractivity contribution in [2.24, 2.45) is 16.8 Å². The number of rotatable bonds is 7. The van der Waals surface area contributed by atoms with Crippen molar-refractivity contribution in [3.05, 3.63) is 0 Å². The van der Waals surface area contributed by atoms with Gasteiger partial charge in [-0.15, -0.1) is 0 Å². The van der Waals surface area contributed by atoms with E-state index in [1.807, 2.05) is 6.92 Å². The van der Waals surface area contributed by atoms with Gasteiger partial charge >= 0.3 is 0 Å². The molecule has 0 fully saturated rings. The quantitative estimate of drug-likeness (QED) is 0.291. The summed E-state index contributed by atoms with van der Waals surface area (Å²) in [6.07, 6.45) is 0. The first-order valence-electron chi connectivity index (χ1n) is 5.78. The molecule has 0 amide bonds. The average molecular weight is 230 g/mol. The van der Waals surface area contributed by atoms with Crippen LogP contribution in [0, 0.1) is 5.92 Å². The Labute approximate surface area is 98.9 Å². The summed E-state index contributed by atoms with van der Waals surface area (Å²) in [7, 11) is 4.13. The zero-order valence-electron chi connectivity index (χ0n) is 11.1. The minimum atomic E-state index is 0.0783. The number of nitrogens with zero attached hydrogens (tertiary/aromatic N) is 3. The van der Waals surface area contributed by atoms with Gasteiger partial charge in [-0.3, -0.25) is 4.90 Å². The highest BCUT2D eigenvalue weighted by atomic mass is 16.4. The van der Waals surface area contributed by atoms with Crippen molar-refractivity contribution in [1.29, 1.82) is 0 Å². The van der Waals surface area contributed by atoms with Crippen LogP contribution in [0.15, 0.2) is 5.16 Å². The number of likely N-dealkylation sites (N-methyl/N-ethyl adjacent to an activating group) is 2. The Morgan fingerprint density at radius 1 is 1.31 bits per heavy atom. The minimum Gasteiger partial charge on any atom is -0.409 e. The molecule has 0 aliphatic carbocycles. The summed E-state index contributed by atoms with van der Waals surface area (Å²) in [6, 6.07) is 0.467. The van der Waals surface area contributed by atoms with Gasteiger partial charge in [0.15, 0.2) is 0 Å². The Bertz CT molecular complexity index is 218. The van der Waals surface area contributed by atoms with Gasteiger partial charge in [0.2, 0.25) is 0 Å². The molecular formula is C11H26N4O. The van der Waals surface area contributed by atoms with E-state index in [0.29, 0.717) is 11.9 Å². The van der Waals surface area contributed by atoms with Crippen LogP contribution in [0.2, 0.25) is 0 Å². The van der Waals surface area contributed by atoms with E-state index < -0.39 is 0 Å². The van der Waals surface area contributed by atoms with Crippen LogP contribution in [0.1, 0.15) is 20.8 Å². The van der Waals surface area contributed by atoms with Crippen LogP contribution in [0.4, 0.5) is 0 Å². The highest BCUT2D eigenvalue weighted by molar-refractivity contribution is 5.82. The lowest BCUT2D eigenvalue weighted by molar-refractivity contribution is 0.171. The Morgan fingerprint density at radius 3 is 2.25 bits per heavy atom. The molecule has 2 atom stereocenters. The molecule has 0 saturated carbocycles. The third-order valence-electron chi connectivity index (χ3n) is 2.79. The van der Waals surface area contributed by atoms with Crippen molar-refractivity contribution in [2.45, 2.75) is 26.8 Å². The van der Waals surface area contributed by atoms with Crippen molar-refractivity contribution in [3.63, 3.8) is 0 Å². The van der Waals surface area contributed by atoms with E-state index in [4.69, 9.17) is 10.9 Å². The third kappa shape index (κ3) is 5.32. The maximum atomic E-state index is 8.61. The van der Waals surface area contributed by atoms with E-state index in [9.17, 15) is 0 Å². The molecule has 0 aromatic rings. The summed E-state index contributed by atoms with van der Waals surface area (Å²) >= 11 is 0. The van der Waals surface area contributed by atoms with Crippen molar-refractivity contribution < 1.29 is 5.21 Å². The second-order valence-corrected chi connectivity index (χ2v) is 4.62. The fraction of sp³-hybridized carbons (Fsp3) is 0.909. The van der Waals surface area contributed by atoms with Crippen molar-refractivity contribution >= 4 is 5.84 Å². The Balaban J connectivity index is 4.28. The maximum Gasteiger partial charge on any atom is 0.143 e. The summed E-state index contributed by atoms with van der Waals surface area (Å²) < 4.78 is 0. The van der Waals surface area contributed by atoms with Gasteiger partial charge in [-0.2, -0.15) is 0 Å². The van der Waals surface area contributed by atoms with Crippen LogP contribution in [0.5, 0.6) is 0 Å². The summed E-state index contributed by atoms with van der Waals surface area (Å²) in [5, 5.41) is 11.7. The largest absolute Gasteiger partial charge is 0.409 e. The molecule has 0 spiro atoms. The SMILES string of the molecule is CCN(CC(C)C(N)=NO)C(C)CN(C)C. The first kappa shape index (κ1) is 15.2. The normalized spacial score (nSPS) is 16.8. The Kier molecular flexibility index (Phi) is 7.08. The van der Waals surface area contributed by atoms with E-state index in [1.165, 1.54) is 0 Å². The van der Waals surface area contributed by atoms with E-state index in [1.54, 1.807) is 0 Å². The molecular weight excluding hydrogens is 204 g/mol. The Hall–Kier alpha value is -0.810. The number of oxime groups is 1. The van der Waals surface area contributed by atoms with Gasteiger partial charge in [0.05, 0.1) is 0 Å². The number of nitrogens with two attached hydrogens (primary N) is 1. The van der Waals surface area contributed by atoms with Gasteiger partial charge in [0.1, 0.15) is 5.84 Å². The molecule has 0 aliphatic rings. The lowest BCUT2D eigenvalue weighted by atomic mass is 10.1. The van der Waals surface area contributed by atoms with E-state index >= 15 is 0 Å². The summed E-state index contributed by atoms with van der Waals surface area (Å²) in [4.78, 5) is 4.50. The van der Waals surface area contributed by atoms with Crippen LogP contribution in [0.25, 0.3) is 0 Å². The molecule has 0 aromatic carbocycles. The second kappa shape index (κ2) is 7.46. The van der Waals surface area contributed by atoms with Gasteiger partial charge in [-0.25, -0.2) is 0 Å². The molecule has 5 nitrogen and oxygen atoms in total. The molecule has 0 bridgehead atoms. The summed E-state index contributed by atoms with van der Waals surface area (Å²) in [6.45, 7) is 9.10. The molecule has 3 N–H and O–H groups in total. The second-order valence-electron chi connectivity index (χ2n) is 4.62. The fourth-order valence-corrected chi connectivity index (χ4v) is 1.81. The molecule has 0 aliphatic heterocycles. The van der Waals surface area contributed by atoms with Gasteiger partial charge in [-0.05, 0) is 27.6 Å². The van der Waals surface area contributed by atoms with Crippen molar-refractivity contribution in [1.82, 2.24) is 9.80 Å². The highest BCUT2D eigenvalue weighted by Crippen LogP contribution is 2.05. The van der Waals surface area contributed by atoms with Crippen LogP contribution < -0.4 is 5.73 Å². The number of amidine groups is 1. The predicted molar refractivity (Wildman–Crippen MR) is 67.8 cm³/mol. The lowest BCUT2D eigenvalue weighted by Gasteiger charge is -2.31. The Morgan fingerprint density at radius 2 is 1.88 bits per heavy atom. The molecule has 0 radical (unpaired) electrons. The number of hydrogen-bond acceptors (Lipinski definition) is 4. The maximum absolute atomic E-state index is 8.61. The third-order valence-corrected chi connectivity index (χ3v) is 2.79. The molecule has 96 valence electrons. The molecule has 5 heteroatoms. The average Bonchev–Trinajstić information content (AvgIpc) is 2.23. The van der Waals surface area contributed by atoms with Crippen LogP contribution in [-0.4, -0.2) is 60.6 Å². The van der Waals surface area contributed by atoms with Gasteiger partial charge in [-0.1, -0.05) is 19.0 Å². The smallest absolute Gasteiger partial charge is 0.143 e. The highest BCUT2D eigenvalue weighted by Gasteiger charge is 2.17. The van der Waals surface area contributed by atoms with Crippen LogP contribution >= 0.6 is 0 Å². The zero-order chi connectivity index (χ0) is 12.7. The van der Waals surface area contributed by atoms with Gasteiger partial charge < -0.3 is 15.8 Å². The van der Waals surface area contributed by atoms with E-state index in [2.05, 4.69) is 42.9 Å². The molecule has 0 aromatic heterocycles. The van der Waals surface area contributed by atoms with Gasteiger partial charge in [0, 0.05) is 25.0 Å². The standard InChI is InChI=1S/C11H26N4O/c1-6-15(10(3)8-14(4)5)7-9(2)11(12)13-16/h9-10,16H,6-8H2,1-5H3,(H2,12,13). The molecule has 2 unspecified atom stereocenters. The molecule has 16 heavy (non-hydrogen) atoms. The van der Waals surface area contributed by atoms with E-state index in [0.717, 1.165) is 19.6 Å². The first-order valence-corrected chi connectivity index (χ1v) is 5.78. The van der Waals surface area contributed by atoms with E-state index in [-0.39, 0.29) is 5.92 Å². The van der Waals surface area contributed by atoms with Crippen LogP contribution in [-0.2, 0) is 0 Å². The van der Waals surface area contributed by atoms with Crippen molar-refractivity contribution in [3.8, 4) is 0 Å². The van der Waals surface area contributed by atoms with Gasteiger partial charge in [0.25, 0.3) is 0 Å². The first-order chi connectivity index (χ1) is 7.42. The number of hydrogen-bond donors (Lipinski definition) is 2. The van der Waals surface area contributed by atoms with Crippen LogP contribution in [0.3, 0.4) is 0 Å². The molecule has 0 saturated heterocycles. The van der Waals surface area contributed by atoms with Crippen molar-refractivity contribution in [2.75, 3.05) is 33.7 Å². The zero-order valence-corrected chi connectivity index (χ0v) is 11.1. The monoisotopic (exact) mass is 230 g/mol. The summed E-state index contributed by atoms with van der Waals surface area (Å²) in [5.74, 6) is 0.380. The lowest BCUT2D eigenvalue weighted by Crippen LogP contribution is -2.44. The predicted octanol–water partition coefficient (Wildman–Crippen LogP) is 0.641. The molecule has 0 heterocycles. The fourth-order valence-electron chi connectivity index (χ4n) is 1.81.